The summed E-state index contributed by atoms with van der Waals surface area (Å²) in [6.45, 7) is 4.76. The Bertz CT molecular complexity index is 910. The van der Waals surface area contributed by atoms with Crippen LogP contribution in [0.15, 0.2) is 71.4 Å². The maximum atomic E-state index is 12.0. The predicted octanol–water partition coefficient (Wildman–Crippen LogP) is 4.36. The van der Waals surface area contributed by atoms with E-state index in [4.69, 9.17) is 4.42 Å². The number of aliphatic hydroxyl groups is 1. The SMILES string of the molecule is C/C(O)=C(/c1ccccc1)C(c1ccc(C)o1)N(C=O)CCCn1ccnc1. The van der Waals surface area contributed by atoms with Crippen LogP contribution >= 0.6 is 0 Å². The molecule has 2 heterocycles. The van der Waals surface area contributed by atoms with Gasteiger partial charge in [0.2, 0.25) is 6.41 Å². The molecule has 3 rings (SSSR count). The molecule has 1 N–H and O–H groups in total. The Labute approximate surface area is 164 Å². The fourth-order valence-electron chi connectivity index (χ4n) is 3.35. The molecular formula is C22H25N3O3. The Morgan fingerprint density at radius 1 is 1.29 bits per heavy atom. The van der Waals surface area contributed by atoms with E-state index in [0.717, 1.165) is 30.7 Å². The molecule has 6 nitrogen and oxygen atoms in total. The Hall–Kier alpha value is -3.28. The van der Waals surface area contributed by atoms with E-state index in [0.29, 0.717) is 17.9 Å². The van der Waals surface area contributed by atoms with E-state index in [1.54, 1.807) is 24.3 Å². The second kappa shape index (κ2) is 9.08. The average Bonchev–Trinajstić information content (AvgIpc) is 3.36. The lowest BCUT2D eigenvalue weighted by Crippen LogP contribution is -2.30. The molecule has 146 valence electrons. The van der Waals surface area contributed by atoms with Gasteiger partial charge in [0.25, 0.3) is 0 Å². The minimum absolute atomic E-state index is 0.159. The average molecular weight is 379 g/mol. The number of imidazole rings is 1. The molecular weight excluding hydrogens is 354 g/mol. The van der Waals surface area contributed by atoms with Gasteiger partial charge < -0.3 is 19.0 Å². The molecule has 1 amide bonds. The Morgan fingerprint density at radius 2 is 2.07 bits per heavy atom. The smallest absolute Gasteiger partial charge is 0.210 e. The second-order valence-electron chi connectivity index (χ2n) is 6.71. The first-order valence-electron chi connectivity index (χ1n) is 9.28. The molecule has 0 saturated heterocycles. The molecule has 0 saturated carbocycles. The van der Waals surface area contributed by atoms with Gasteiger partial charge in [0.1, 0.15) is 17.6 Å². The minimum Gasteiger partial charge on any atom is -0.512 e. The van der Waals surface area contributed by atoms with Gasteiger partial charge in [0.15, 0.2) is 0 Å². The second-order valence-corrected chi connectivity index (χ2v) is 6.71. The number of allylic oxidation sites excluding steroid dienone is 1. The first-order valence-corrected chi connectivity index (χ1v) is 9.28. The van der Waals surface area contributed by atoms with Crippen molar-refractivity contribution in [2.75, 3.05) is 6.54 Å². The van der Waals surface area contributed by atoms with Crippen molar-refractivity contribution in [2.24, 2.45) is 0 Å². The van der Waals surface area contributed by atoms with Crippen molar-refractivity contribution in [1.29, 1.82) is 0 Å². The van der Waals surface area contributed by atoms with Gasteiger partial charge in [-0.3, -0.25) is 4.79 Å². The number of carbonyl (C=O) groups is 1. The number of aryl methyl sites for hydroxylation is 2. The van der Waals surface area contributed by atoms with Crippen molar-refractivity contribution in [3.8, 4) is 0 Å². The maximum Gasteiger partial charge on any atom is 0.210 e. The molecule has 28 heavy (non-hydrogen) atoms. The zero-order valence-corrected chi connectivity index (χ0v) is 16.2. The zero-order chi connectivity index (χ0) is 19.9. The normalized spacial score (nSPS) is 13.1. The van der Waals surface area contributed by atoms with Crippen molar-refractivity contribution >= 4 is 12.0 Å². The van der Waals surface area contributed by atoms with Gasteiger partial charge in [-0.2, -0.15) is 0 Å². The number of nitrogens with zero attached hydrogens (tertiary/aromatic N) is 3. The van der Waals surface area contributed by atoms with Gasteiger partial charge in [0.05, 0.1) is 12.1 Å². The van der Waals surface area contributed by atoms with Crippen molar-refractivity contribution < 1.29 is 14.3 Å². The van der Waals surface area contributed by atoms with Crippen LogP contribution in [-0.4, -0.2) is 32.5 Å². The number of aromatic nitrogens is 2. The van der Waals surface area contributed by atoms with Crippen LogP contribution in [-0.2, 0) is 11.3 Å². The van der Waals surface area contributed by atoms with Crippen LogP contribution in [0.25, 0.3) is 5.57 Å². The number of aliphatic hydroxyl groups excluding tert-OH is 1. The molecule has 6 heteroatoms. The first-order chi connectivity index (χ1) is 13.6. The van der Waals surface area contributed by atoms with Crippen molar-refractivity contribution in [3.05, 3.63) is 84.0 Å². The summed E-state index contributed by atoms with van der Waals surface area (Å²) in [7, 11) is 0. The molecule has 1 aromatic carbocycles. The van der Waals surface area contributed by atoms with Gasteiger partial charge >= 0.3 is 0 Å². The van der Waals surface area contributed by atoms with Gasteiger partial charge in [-0.25, -0.2) is 4.98 Å². The highest BCUT2D eigenvalue weighted by molar-refractivity contribution is 5.74. The molecule has 0 fully saturated rings. The van der Waals surface area contributed by atoms with Crippen LogP contribution in [0.5, 0.6) is 0 Å². The third-order valence-corrected chi connectivity index (χ3v) is 4.64. The Morgan fingerprint density at radius 3 is 2.64 bits per heavy atom. The summed E-state index contributed by atoms with van der Waals surface area (Å²) in [4.78, 5) is 17.8. The molecule has 0 aliphatic rings. The number of hydrogen-bond acceptors (Lipinski definition) is 4. The molecule has 0 spiro atoms. The number of carbonyl (C=O) groups excluding carboxylic acids is 1. The van der Waals surface area contributed by atoms with E-state index in [1.165, 1.54) is 0 Å². The molecule has 0 bridgehead atoms. The Balaban J connectivity index is 1.93. The van der Waals surface area contributed by atoms with E-state index in [2.05, 4.69) is 4.98 Å². The zero-order valence-electron chi connectivity index (χ0n) is 16.2. The summed E-state index contributed by atoms with van der Waals surface area (Å²) in [6.07, 6.45) is 6.95. The maximum absolute atomic E-state index is 12.0. The van der Waals surface area contributed by atoms with E-state index in [9.17, 15) is 9.90 Å². The summed E-state index contributed by atoms with van der Waals surface area (Å²) in [5.41, 5.74) is 1.51. The van der Waals surface area contributed by atoms with Crippen LogP contribution in [0.3, 0.4) is 0 Å². The highest BCUT2D eigenvalue weighted by Crippen LogP contribution is 2.37. The summed E-state index contributed by atoms with van der Waals surface area (Å²) >= 11 is 0. The van der Waals surface area contributed by atoms with Crippen molar-refractivity contribution in [1.82, 2.24) is 14.5 Å². The summed E-state index contributed by atoms with van der Waals surface area (Å²) < 4.78 is 7.84. The molecule has 1 unspecified atom stereocenters. The fraction of sp³-hybridized carbons (Fsp3) is 0.273. The largest absolute Gasteiger partial charge is 0.512 e. The summed E-state index contributed by atoms with van der Waals surface area (Å²) in [5.74, 6) is 1.54. The molecule has 0 aliphatic heterocycles. The topological polar surface area (TPSA) is 71.5 Å². The number of hydrogen-bond donors (Lipinski definition) is 1. The van der Waals surface area contributed by atoms with E-state index in [1.807, 2.05) is 60.2 Å². The van der Waals surface area contributed by atoms with Crippen molar-refractivity contribution in [2.45, 2.75) is 32.9 Å². The minimum atomic E-state index is -0.513. The lowest BCUT2D eigenvalue weighted by molar-refractivity contribution is -0.119. The number of benzene rings is 1. The van der Waals surface area contributed by atoms with E-state index >= 15 is 0 Å². The molecule has 1 atom stereocenters. The number of furan rings is 1. The standard InChI is InChI=1S/C22H25N3O3/c1-17-9-10-20(28-17)22(21(18(2)27)19-7-4-3-5-8-19)25(16-26)13-6-12-24-14-11-23-15-24/h3-5,7-11,14-16,22,27H,6,12-13H2,1-2H3/b21-18+. The quantitative estimate of drug-likeness (QED) is 0.443. The Kier molecular flexibility index (Phi) is 6.32. The van der Waals surface area contributed by atoms with Crippen molar-refractivity contribution in [3.63, 3.8) is 0 Å². The van der Waals surface area contributed by atoms with Crippen LogP contribution in [0.2, 0.25) is 0 Å². The van der Waals surface area contributed by atoms with Gasteiger partial charge in [-0.15, -0.1) is 0 Å². The monoisotopic (exact) mass is 379 g/mol. The molecule has 3 aromatic rings. The lowest BCUT2D eigenvalue weighted by atomic mass is 9.94. The van der Waals surface area contributed by atoms with E-state index < -0.39 is 6.04 Å². The summed E-state index contributed by atoms with van der Waals surface area (Å²) in [6, 6.07) is 12.8. The summed E-state index contributed by atoms with van der Waals surface area (Å²) in [5, 5.41) is 10.5. The highest BCUT2D eigenvalue weighted by atomic mass is 16.3. The first kappa shape index (κ1) is 19.5. The van der Waals surface area contributed by atoms with Gasteiger partial charge in [0, 0.05) is 31.1 Å². The highest BCUT2D eigenvalue weighted by Gasteiger charge is 2.29. The van der Waals surface area contributed by atoms with Crippen LogP contribution in [0, 0.1) is 6.92 Å². The van der Waals surface area contributed by atoms with Crippen LogP contribution < -0.4 is 0 Å². The third-order valence-electron chi connectivity index (χ3n) is 4.64. The van der Waals surface area contributed by atoms with Gasteiger partial charge in [-0.05, 0) is 38.0 Å². The molecule has 0 aliphatic carbocycles. The van der Waals surface area contributed by atoms with Crippen LogP contribution in [0.1, 0.15) is 36.5 Å². The fourth-order valence-corrected chi connectivity index (χ4v) is 3.35. The molecule has 2 aromatic heterocycles. The van der Waals surface area contributed by atoms with Gasteiger partial charge in [-0.1, -0.05) is 30.3 Å². The lowest BCUT2D eigenvalue weighted by Gasteiger charge is -2.30. The molecule has 0 radical (unpaired) electrons. The predicted molar refractivity (Wildman–Crippen MR) is 107 cm³/mol. The number of amides is 1. The number of rotatable bonds is 9. The van der Waals surface area contributed by atoms with E-state index in [-0.39, 0.29) is 5.76 Å². The van der Waals surface area contributed by atoms with Crippen LogP contribution in [0.4, 0.5) is 0 Å². The third kappa shape index (κ3) is 4.52.